The highest BCUT2D eigenvalue weighted by atomic mass is 16.1. The first kappa shape index (κ1) is 15.7. The number of hydrogen-bond donors (Lipinski definition) is 2. The Morgan fingerprint density at radius 3 is 2.52 bits per heavy atom. The summed E-state index contributed by atoms with van der Waals surface area (Å²) >= 11 is 0. The number of aromatic nitrogens is 2. The van der Waals surface area contributed by atoms with E-state index in [-0.39, 0.29) is 5.91 Å². The third kappa shape index (κ3) is 4.14. The first-order chi connectivity index (χ1) is 10.0. The molecule has 21 heavy (non-hydrogen) atoms. The fraction of sp³-hybridized carbons (Fsp3) is 0.667. The lowest BCUT2D eigenvalue weighted by molar-refractivity contribution is 0.0957. The Labute approximate surface area is 126 Å². The molecule has 1 aromatic rings. The summed E-state index contributed by atoms with van der Waals surface area (Å²) in [5, 5.41) is 13.9. The summed E-state index contributed by atoms with van der Waals surface area (Å²) in [6.07, 6.45) is 5.11. The van der Waals surface area contributed by atoms with E-state index in [1.807, 2.05) is 6.07 Å². The summed E-state index contributed by atoms with van der Waals surface area (Å²) in [5.74, 6) is 0.515. The summed E-state index contributed by atoms with van der Waals surface area (Å²) in [5.41, 5.74) is 0.664. The SMILES string of the molecule is CNC(=O)c1ccc(NCC2(CN(C)C)CCCC2)nn1. The largest absolute Gasteiger partial charge is 0.368 e. The molecule has 1 aliphatic rings. The van der Waals surface area contributed by atoms with Gasteiger partial charge in [-0.25, -0.2) is 0 Å². The molecule has 116 valence electrons. The zero-order valence-corrected chi connectivity index (χ0v) is 13.1. The molecule has 0 bridgehead atoms. The second kappa shape index (κ2) is 6.85. The Kier molecular flexibility index (Phi) is 5.12. The normalized spacial score (nSPS) is 17.0. The molecule has 1 aliphatic carbocycles. The highest BCUT2D eigenvalue weighted by Gasteiger charge is 2.34. The average molecular weight is 291 g/mol. The maximum atomic E-state index is 11.4. The molecule has 6 nitrogen and oxygen atoms in total. The number of anilines is 1. The summed E-state index contributed by atoms with van der Waals surface area (Å²) in [6, 6.07) is 3.51. The van der Waals surface area contributed by atoms with Crippen LogP contribution in [-0.2, 0) is 0 Å². The third-order valence-corrected chi connectivity index (χ3v) is 4.08. The Balaban J connectivity index is 1.96. The minimum absolute atomic E-state index is 0.214. The van der Waals surface area contributed by atoms with Gasteiger partial charge in [-0.2, -0.15) is 0 Å². The lowest BCUT2D eigenvalue weighted by Gasteiger charge is -2.32. The molecule has 0 aliphatic heterocycles. The molecule has 0 aromatic carbocycles. The van der Waals surface area contributed by atoms with Gasteiger partial charge in [-0.1, -0.05) is 12.8 Å². The van der Waals surface area contributed by atoms with Gasteiger partial charge in [-0.3, -0.25) is 4.79 Å². The molecule has 0 unspecified atom stereocenters. The molecular weight excluding hydrogens is 266 g/mol. The Morgan fingerprint density at radius 2 is 2.00 bits per heavy atom. The van der Waals surface area contributed by atoms with Crippen LogP contribution in [0.1, 0.15) is 36.2 Å². The molecular formula is C15H25N5O. The van der Waals surface area contributed by atoms with Gasteiger partial charge in [-0.05, 0) is 39.1 Å². The second-order valence-corrected chi connectivity index (χ2v) is 6.18. The zero-order chi connectivity index (χ0) is 15.3. The van der Waals surface area contributed by atoms with Crippen molar-refractivity contribution in [2.45, 2.75) is 25.7 Å². The van der Waals surface area contributed by atoms with Crippen molar-refractivity contribution >= 4 is 11.7 Å². The van der Waals surface area contributed by atoms with Crippen LogP contribution >= 0.6 is 0 Å². The van der Waals surface area contributed by atoms with E-state index in [2.05, 4.69) is 39.8 Å². The van der Waals surface area contributed by atoms with Crippen LogP contribution in [0.4, 0.5) is 5.82 Å². The fourth-order valence-corrected chi connectivity index (χ4v) is 3.14. The number of carbonyl (C=O) groups is 1. The predicted molar refractivity (Wildman–Crippen MR) is 83.4 cm³/mol. The van der Waals surface area contributed by atoms with Crippen LogP contribution in [0.25, 0.3) is 0 Å². The summed E-state index contributed by atoms with van der Waals surface area (Å²) in [6.45, 7) is 1.99. The van der Waals surface area contributed by atoms with Crippen molar-refractivity contribution < 1.29 is 4.79 Å². The van der Waals surface area contributed by atoms with E-state index in [0.717, 1.165) is 18.9 Å². The van der Waals surface area contributed by atoms with Crippen LogP contribution in [0.5, 0.6) is 0 Å². The molecule has 6 heteroatoms. The minimum atomic E-state index is -0.214. The first-order valence-corrected chi connectivity index (χ1v) is 7.49. The van der Waals surface area contributed by atoms with Crippen LogP contribution in [0.15, 0.2) is 12.1 Å². The van der Waals surface area contributed by atoms with E-state index >= 15 is 0 Å². The molecule has 2 rings (SSSR count). The van der Waals surface area contributed by atoms with E-state index in [1.165, 1.54) is 25.7 Å². The standard InChI is InChI=1S/C15H25N5O/c1-16-14(21)12-6-7-13(19-18-12)17-10-15(11-20(2)3)8-4-5-9-15/h6-7H,4-5,8-11H2,1-3H3,(H,16,21)(H,17,19). The van der Waals surface area contributed by atoms with Crippen LogP contribution in [0, 0.1) is 5.41 Å². The monoisotopic (exact) mass is 291 g/mol. The number of nitrogens with zero attached hydrogens (tertiary/aromatic N) is 3. The van der Waals surface area contributed by atoms with Gasteiger partial charge in [0, 0.05) is 25.6 Å². The predicted octanol–water partition coefficient (Wildman–Crippen LogP) is 1.37. The van der Waals surface area contributed by atoms with Gasteiger partial charge in [0.25, 0.3) is 5.91 Å². The maximum absolute atomic E-state index is 11.4. The van der Waals surface area contributed by atoms with Gasteiger partial charge >= 0.3 is 0 Å². The van der Waals surface area contributed by atoms with Gasteiger partial charge in [0.2, 0.25) is 0 Å². The third-order valence-electron chi connectivity index (χ3n) is 4.08. The molecule has 1 saturated carbocycles. The molecule has 1 amide bonds. The van der Waals surface area contributed by atoms with E-state index in [4.69, 9.17) is 0 Å². The topological polar surface area (TPSA) is 70.2 Å². The van der Waals surface area contributed by atoms with Crippen molar-refractivity contribution in [3.8, 4) is 0 Å². The highest BCUT2D eigenvalue weighted by molar-refractivity contribution is 5.91. The van der Waals surface area contributed by atoms with Gasteiger partial charge in [0.15, 0.2) is 5.69 Å². The quantitative estimate of drug-likeness (QED) is 0.828. The van der Waals surface area contributed by atoms with E-state index in [0.29, 0.717) is 11.1 Å². The van der Waals surface area contributed by atoms with Crippen molar-refractivity contribution in [2.75, 3.05) is 39.5 Å². The molecule has 0 spiro atoms. The molecule has 1 aromatic heterocycles. The zero-order valence-electron chi connectivity index (χ0n) is 13.1. The van der Waals surface area contributed by atoms with E-state index in [9.17, 15) is 4.79 Å². The van der Waals surface area contributed by atoms with E-state index in [1.54, 1.807) is 13.1 Å². The molecule has 0 saturated heterocycles. The number of amides is 1. The van der Waals surface area contributed by atoms with Gasteiger partial charge < -0.3 is 15.5 Å². The van der Waals surface area contributed by atoms with Crippen LogP contribution in [-0.4, -0.2) is 55.2 Å². The van der Waals surface area contributed by atoms with Crippen molar-refractivity contribution in [2.24, 2.45) is 5.41 Å². The molecule has 0 atom stereocenters. The number of hydrogen-bond acceptors (Lipinski definition) is 5. The smallest absolute Gasteiger partial charge is 0.271 e. The van der Waals surface area contributed by atoms with Gasteiger partial charge in [-0.15, -0.1) is 10.2 Å². The van der Waals surface area contributed by atoms with Crippen LogP contribution in [0.3, 0.4) is 0 Å². The number of carbonyl (C=O) groups excluding carboxylic acids is 1. The lowest BCUT2D eigenvalue weighted by atomic mass is 9.85. The Bertz CT molecular complexity index is 465. The minimum Gasteiger partial charge on any atom is -0.368 e. The Hall–Kier alpha value is -1.69. The molecule has 1 fully saturated rings. The Morgan fingerprint density at radius 1 is 1.29 bits per heavy atom. The van der Waals surface area contributed by atoms with Crippen LogP contribution < -0.4 is 10.6 Å². The molecule has 1 heterocycles. The fourth-order valence-electron chi connectivity index (χ4n) is 3.14. The number of rotatable bonds is 6. The summed E-state index contributed by atoms with van der Waals surface area (Å²) in [7, 11) is 5.83. The average Bonchev–Trinajstić information content (AvgIpc) is 2.93. The van der Waals surface area contributed by atoms with E-state index < -0.39 is 0 Å². The summed E-state index contributed by atoms with van der Waals surface area (Å²) < 4.78 is 0. The van der Waals surface area contributed by atoms with Crippen molar-refractivity contribution in [1.82, 2.24) is 20.4 Å². The molecule has 0 radical (unpaired) electrons. The summed E-state index contributed by atoms with van der Waals surface area (Å²) in [4.78, 5) is 13.7. The van der Waals surface area contributed by atoms with Crippen molar-refractivity contribution in [3.63, 3.8) is 0 Å². The maximum Gasteiger partial charge on any atom is 0.271 e. The van der Waals surface area contributed by atoms with Crippen molar-refractivity contribution in [3.05, 3.63) is 17.8 Å². The van der Waals surface area contributed by atoms with Crippen molar-refractivity contribution in [1.29, 1.82) is 0 Å². The highest BCUT2D eigenvalue weighted by Crippen LogP contribution is 2.38. The lowest BCUT2D eigenvalue weighted by Crippen LogP contribution is -2.37. The molecule has 2 N–H and O–H groups in total. The van der Waals surface area contributed by atoms with Gasteiger partial charge in [0.05, 0.1) is 0 Å². The second-order valence-electron chi connectivity index (χ2n) is 6.18. The first-order valence-electron chi connectivity index (χ1n) is 7.49. The van der Waals surface area contributed by atoms with Crippen LogP contribution in [0.2, 0.25) is 0 Å². The number of nitrogens with one attached hydrogen (secondary N) is 2. The van der Waals surface area contributed by atoms with Gasteiger partial charge in [0.1, 0.15) is 5.82 Å².